The van der Waals surface area contributed by atoms with Gasteiger partial charge in [-0.25, -0.2) is 4.79 Å². The van der Waals surface area contributed by atoms with Crippen LogP contribution in [0.1, 0.15) is 25.5 Å². The lowest BCUT2D eigenvalue weighted by atomic mass is 10.1. The summed E-state index contributed by atoms with van der Waals surface area (Å²) in [5.74, 6) is -0.153. The van der Waals surface area contributed by atoms with Crippen LogP contribution in [0.25, 0.3) is 0 Å². The number of carbonyl (C=O) groups excluding carboxylic acids is 1. The lowest BCUT2D eigenvalue weighted by Gasteiger charge is -2.09. The molecule has 0 fully saturated rings. The smallest absolute Gasteiger partial charge is 0.361 e. The van der Waals surface area contributed by atoms with E-state index in [1.807, 2.05) is 30.4 Å². The first-order chi connectivity index (χ1) is 7.24. The number of ether oxygens (including phenoxy) is 1. The number of quaternary nitrogens is 1. The number of nitrogens with two attached hydrogens (primary N) is 1. The van der Waals surface area contributed by atoms with Gasteiger partial charge in [-0.05, 0) is 13.8 Å². The second-order valence-electron chi connectivity index (χ2n) is 3.44. The van der Waals surface area contributed by atoms with Crippen molar-refractivity contribution in [1.82, 2.24) is 0 Å². The lowest BCUT2D eigenvalue weighted by molar-refractivity contribution is -0.683. The minimum atomic E-state index is -0.153. The molecule has 82 valence electrons. The monoisotopic (exact) mass is 208 g/mol. The van der Waals surface area contributed by atoms with E-state index in [1.54, 1.807) is 0 Å². The Morgan fingerprint density at radius 3 is 2.67 bits per heavy atom. The van der Waals surface area contributed by atoms with Gasteiger partial charge in [-0.15, -0.1) is 0 Å². The van der Waals surface area contributed by atoms with Gasteiger partial charge in [0, 0.05) is 5.56 Å². The van der Waals surface area contributed by atoms with Crippen molar-refractivity contribution in [1.29, 1.82) is 0 Å². The molecule has 1 aromatic carbocycles. The summed E-state index contributed by atoms with van der Waals surface area (Å²) in [5, 5.41) is 1.98. The Morgan fingerprint density at radius 2 is 2.07 bits per heavy atom. The Labute approximate surface area is 90.4 Å². The number of hydrogen-bond acceptors (Lipinski definition) is 2. The molecule has 2 N–H and O–H groups in total. The van der Waals surface area contributed by atoms with Crippen LogP contribution in [0.2, 0.25) is 0 Å². The van der Waals surface area contributed by atoms with Gasteiger partial charge in [0.2, 0.25) is 0 Å². The molecule has 15 heavy (non-hydrogen) atoms. The predicted molar refractivity (Wildman–Crippen MR) is 58.3 cm³/mol. The molecule has 0 aliphatic rings. The molecule has 0 saturated heterocycles. The van der Waals surface area contributed by atoms with Gasteiger partial charge in [0.1, 0.15) is 6.04 Å². The summed E-state index contributed by atoms with van der Waals surface area (Å²) in [5.41, 5.74) is 1.22. The van der Waals surface area contributed by atoms with Crippen LogP contribution >= 0.6 is 0 Å². The molecule has 0 aliphatic carbocycles. The number of esters is 1. The van der Waals surface area contributed by atoms with Gasteiger partial charge >= 0.3 is 5.97 Å². The third-order valence-corrected chi connectivity index (χ3v) is 2.27. The molecule has 1 atom stereocenters. The molecule has 0 spiro atoms. The fourth-order valence-corrected chi connectivity index (χ4v) is 1.39. The minimum absolute atomic E-state index is 0.153. The molecule has 3 nitrogen and oxygen atoms in total. The summed E-state index contributed by atoms with van der Waals surface area (Å²) in [6.07, 6.45) is 0. The van der Waals surface area contributed by atoms with Crippen LogP contribution in [0, 0.1) is 0 Å². The quantitative estimate of drug-likeness (QED) is 0.730. The Bertz CT molecular complexity index is 298. The molecule has 0 heterocycles. The Kier molecular flexibility index (Phi) is 4.84. The molecule has 3 heteroatoms. The van der Waals surface area contributed by atoms with Crippen molar-refractivity contribution < 1.29 is 14.8 Å². The number of hydrogen-bond donors (Lipinski definition) is 1. The molecule has 0 unspecified atom stereocenters. The van der Waals surface area contributed by atoms with Gasteiger partial charge in [0.05, 0.1) is 6.61 Å². The van der Waals surface area contributed by atoms with Gasteiger partial charge < -0.3 is 10.1 Å². The highest BCUT2D eigenvalue weighted by molar-refractivity contribution is 5.70. The van der Waals surface area contributed by atoms with E-state index >= 15 is 0 Å². The van der Waals surface area contributed by atoms with Crippen molar-refractivity contribution in [3.8, 4) is 0 Å². The fourth-order valence-electron chi connectivity index (χ4n) is 1.39. The average Bonchev–Trinajstić information content (AvgIpc) is 2.27. The Balaban J connectivity index is 2.37. The summed E-state index contributed by atoms with van der Waals surface area (Å²) in [6, 6.07) is 10.4. The lowest BCUT2D eigenvalue weighted by Crippen LogP contribution is -2.86. The minimum Gasteiger partial charge on any atom is -0.462 e. The molecule has 0 bridgehead atoms. The van der Waals surface area contributed by atoms with Crippen molar-refractivity contribution >= 4 is 5.97 Å². The second-order valence-corrected chi connectivity index (χ2v) is 3.44. The maximum atomic E-state index is 11.1. The van der Waals surface area contributed by atoms with Gasteiger partial charge in [0.15, 0.2) is 6.54 Å². The molecule has 1 aromatic rings. The van der Waals surface area contributed by atoms with Crippen LogP contribution in [-0.4, -0.2) is 19.1 Å². The predicted octanol–water partition coefficient (Wildman–Crippen LogP) is 0.874. The molecule has 0 aliphatic heterocycles. The van der Waals surface area contributed by atoms with E-state index in [0.717, 1.165) is 0 Å². The highest BCUT2D eigenvalue weighted by atomic mass is 16.5. The van der Waals surface area contributed by atoms with E-state index in [0.29, 0.717) is 13.2 Å². The zero-order valence-electron chi connectivity index (χ0n) is 9.27. The van der Waals surface area contributed by atoms with Crippen molar-refractivity contribution in [2.24, 2.45) is 0 Å². The summed E-state index contributed by atoms with van der Waals surface area (Å²) in [4.78, 5) is 11.1. The fraction of sp³-hybridized carbons (Fsp3) is 0.417. The van der Waals surface area contributed by atoms with Crippen molar-refractivity contribution in [3.63, 3.8) is 0 Å². The highest BCUT2D eigenvalue weighted by Gasteiger charge is 2.10. The Hall–Kier alpha value is -1.35. The van der Waals surface area contributed by atoms with Crippen LogP contribution in [0.4, 0.5) is 0 Å². The molecule has 0 saturated carbocycles. The van der Waals surface area contributed by atoms with Crippen LogP contribution in [0.3, 0.4) is 0 Å². The number of carbonyl (C=O) groups is 1. The van der Waals surface area contributed by atoms with E-state index in [1.165, 1.54) is 5.56 Å². The molecular weight excluding hydrogens is 190 g/mol. The van der Waals surface area contributed by atoms with E-state index in [-0.39, 0.29) is 12.0 Å². The van der Waals surface area contributed by atoms with Gasteiger partial charge in [-0.1, -0.05) is 30.3 Å². The first-order valence-corrected chi connectivity index (χ1v) is 5.28. The maximum Gasteiger partial charge on any atom is 0.361 e. The zero-order chi connectivity index (χ0) is 11.1. The van der Waals surface area contributed by atoms with E-state index < -0.39 is 0 Å². The third-order valence-electron chi connectivity index (χ3n) is 2.27. The zero-order valence-corrected chi connectivity index (χ0v) is 9.27. The standard InChI is InChI=1S/C12H17NO2/c1-3-15-12(14)9-13-10(2)11-7-5-4-6-8-11/h4-8,10,13H,3,9H2,1-2H3/p+1/t10-/m1/s1. The Morgan fingerprint density at radius 1 is 1.40 bits per heavy atom. The normalized spacial score (nSPS) is 12.1. The third kappa shape index (κ3) is 4.13. The summed E-state index contributed by atoms with van der Waals surface area (Å²) in [7, 11) is 0. The SMILES string of the molecule is CCOC(=O)C[NH2+][C@H](C)c1ccccc1. The highest BCUT2D eigenvalue weighted by Crippen LogP contribution is 2.05. The van der Waals surface area contributed by atoms with E-state index in [2.05, 4.69) is 19.1 Å². The topological polar surface area (TPSA) is 42.9 Å². The summed E-state index contributed by atoms with van der Waals surface area (Å²) in [6.45, 7) is 4.73. The molecule has 1 rings (SSSR count). The van der Waals surface area contributed by atoms with Crippen LogP contribution in [0.15, 0.2) is 30.3 Å². The largest absolute Gasteiger partial charge is 0.462 e. The van der Waals surface area contributed by atoms with E-state index in [9.17, 15) is 4.79 Å². The second kappa shape index (κ2) is 6.19. The number of rotatable bonds is 5. The van der Waals surface area contributed by atoms with Crippen molar-refractivity contribution in [2.45, 2.75) is 19.9 Å². The number of benzene rings is 1. The molecular formula is C12H18NO2+. The van der Waals surface area contributed by atoms with E-state index in [4.69, 9.17) is 4.74 Å². The van der Waals surface area contributed by atoms with Crippen LogP contribution in [0.5, 0.6) is 0 Å². The van der Waals surface area contributed by atoms with Crippen molar-refractivity contribution in [3.05, 3.63) is 35.9 Å². The van der Waals surface area contributed by atoms with Crippen LogP contribution in [-0.2, 0) is 9.53 Å². The average molecular weight is 208 g/mol. The van der Waals surface area contributed by atoms with Crippen molar-refractivity contribution in [2.75, 3.05) is 13.2 Å². The first kappa shape index (κ1) is 11.7. The maximum absolute atomic E-state index is 11.1. The molecule has 0 aromatic heterocycles. The van der Waals surface area contributed by atoms with Crippen LogP contribution < -0.4 is 5.32 Å². The van der Waals surface area contributed by atoms with Gasteiger partial charge in [0.25, 0.3) is 0 Å². The first-order valence-electron chi connectivity index (χ1n) is 5.28. The van der Waals surface area contributed by atoms with Gasteiger partial charge in [-0.2, -0.15) is 0 Å². The van der Waals surface area contributed by atoms with Gasteiger partial charge in [-0.3, -0.25) is 0 Å². The summed E-state index contributed by atoms with van der Waals surface area (Å²) >= 11 is 0. The molecule has 0 radical (unpaired) electrons. The summed E-state index contributed by atoms with van der Waals surface area (Å²) < 4.78 is 4.86. The molecule has 0 amide bonds.